The molecular formula is C19H19NO6. The number of non-ortho nitro benzene ring substituents is 1. The van der Waals surface area contributed by atoms with E-state index in [9.17, 15) is 24.8 Å². The van der Waals surface area contributed by atoms with Crippen LogP contribution in [0.15, 0.2) is 42.5 Å². The Balaban J connectivity index is 2.26. The van der Waals surface area contributed by atoms with Crippen LogP contribution in [0, 0.1) is 10.1 Å². The van der Waals surface area contributed by atoms with Crippen molar-refractivity contribution in [2.45, 2.75) is 32.6 Å². The molecule has 136 valence electrons. The molecule has 0 aliphatic carbocycles. The number of carbonyl (C=O) groups excluding carboxylic acids is 2. The third kappa shape index (κ3) is 5.14. The van der Waals surface area contributed by atoms with Gasteiger partial charge in [-0.1, -0.05) is 13.3 Å². The topological polar surface area (TPSA) is 107 Å². The Hall–Kier alpha value is -3.22. The van der Waals surface area contributed by atoms with Gasteiger partial charge in [0.1, 0.15) is 11.5 Å². The number of hydrogen-bond acceptors (Lipinski definition) is 6. The number of ether oxygens (including phenoxy) is 1. The molecule has 0 saturated heterocycles. The summed E-state index contributed by atoms with van der Waals surface area (Å²) < 4.78 is 5.28. The molecule has 7 nitrogen and oxygen atoms in total. The van der Waals surface area contributed by atoms with Crippen LogP contribution in [0.25, 0.3) is 0 Å². The molecule has 0 fully saturated rings. The van der Waals surface area contributed by atoms with Crippen molar-refractivity contribution in [1.29, 1.82) is 0 Å². The quantitative estimate of drug-likeness (QED) is 0.253. The fourth-order valence-corrected chi connectivity index (χ4v) is 2.33. The molecule has 2 aromatic rings. The molecule has 0 heterocycles. The zero-order chi connectivity index (χ0) is 19.1. The maximum atomic E-state index is 12.4. The third-order valence-corrected chi connectivity index (χ3v) is 3.75. The molecule has 0 bridgehead atoms. The third-order valence-electron chi connectivity index (χ3n) is 3.75. The van der Waals surface area contributed by atoms with Gasteiger partial charge in [0.15, 0.2) is 5.78 Å². The number of nitro benzene ring substituents is 1. The Labute approximate surface area is 150 Å². The minimum Gasteiger partial charge on any atom is -0.508 e. The first kappa shape index (κ1) is 19.1. The predicted molar refractivity (Wildman–Crippen MR) is 94.4 cm³/mol. The summed E-state index contributed by atoms with van der Waals surface area (Å²) in [6.45, 7) is 1.95. The molecule has 0 saturated carbocycles. The normalized spacial score (nSPS) is 10.3. The van der Waals surface area contributed by atoms with E-state index >= 15 is 0 Å². The van der Waals surface area contributed by atoms with Crippen molar-refractivity contribution in [3.05, 3.63) is 63.7 Å². The fourth-order valence-electron chi connectivity index (χ4n) is 2.33. The van der Waals surface area contributed by atoms with E-state index in [1.165, 1.54) is 42.5 Å². The molecule has 0 spiro atoms. The average Bonchev–Trinajstić information content (AvgIpc) is 2.61. The highest BCUT2D eigenvalue weighted by molar-refractivity contribution is 5.98. The van der Waals surface area contributed by atoms with Crippen LogP contribution in [0.5, 0.6) is 11.5 Å². The molecule has 0 atom stereocenters. The van der Waals surface area contributed by atoms with Gasteiger partial charge in [-0.15, -0.1) is 0 Å². The maximum absolute atomic E-state index is 12.4. The summed E-state index contributed by atoms with van der Waals surface area (Å²) in [7, 11) is 0. The van der Waals surface area contributed by atoms with Gasteiger partial charge in [-0.2, -0.15) is 0 Å². The van der Waals surface area contributed by atoms with Crippen LogP contribution in [-0.2, 0) is 11.2 Å². The van der Waals surface area contributed by atoms with E-state index in [1.54, 1.807) is 0 Å². The standard InChI is InChI=1S/C19H19NO6/c1-2-3-4-19(23)26-18-10-7-15(20(24)25)11-14(18)12-17(22)13-5-8-16(21)9-6-13/h5-11,21H,2-4,12H2,1H3. The van der Waals surface area contributed by atoms with Crippen molar-refractivity contribution in [2.24, 2.45) is 0 Å². The first-order valence-electron chi connectivity index (χ1n) is 8.21. The number of carbonyl (C=O) groups is 2. The number of phenols is 1. The summed E-state index contributed by atoms with van der Waals surface area (Å²) in [5.74, 6) is -0.582. The van der Waals surface area contributed by atoms with Gasteiger partial charge in [0.2, 0.25) is 0 Å². The SMILES string of the molecule is CCCCC(=O)Oc1ccc([N+](=O)[O-])cc1CC(=O)c1ccc(O)cc1. The van der Waals surface area contributed by atoms with Crippen molar-refractivity contribution >= 4 is 17.4 Å². The lowest BCUT2D eigenvalue weighted by atomic mass is 10.0. The summed E-state index contributed by atoms with van der Waals surface area (Å²) >= 11 is 0. The fraction of sp³-hybridized carbons (Fsp3) is 0.263. The van der Waals surface area contributed by atoms with Crippen LogP contribution in [-0.4, -0.2) is 21.8 Å². The molecule has 0 amide bonds. The van der Waals surface area contributed by atoms with Gasteiger partial charge in [0.05, 0.1) is 4.92 Å². The Morgan fingerprint density at radius 3 is 2.46 bits per heavy atom. The van der Waals surface area contributed by atoms with E-state index in [-0.39, 0.29) is 41.4 Å². The molecule has 0 unspecified atom stereocenters. The van der Waals surface area contributed by atoms with E-state index in [0.717, 1.165) is 6.42 Å². The predicted octanol–water partition coefficient (Wildman–Crippen LogP) is 3.82. The molecule has 2 rings (SSSR count). The number of aromatic hydroxyl groups is 1. The van der Waals surface area contributed by atoms with E-state index < -0.39 is 10.9 Å². The van der Waals surface area contributed by atoms with Crippen molar-refractivity contribution in [3.63, 3.8) is 0 Å². The molecule has 0 aliphatic heterocycles. The molecule has 2 aromatic carbocycles. The van der Waals surface area contributed by atoms with Crippen LogP contribution < -0.4 is 4.74 Å². The summed E-state index contributed by atoms with van der Waals surface area (Å²) in [6, 6.07) is 9.49. The van der Waals surface area contributed by atoms with Gasteiger partial charge in [0, 0.05) is 36.1 Å². The number of ketones is 1. The number of Topliss-reactive ketones (excluding diaryl/α,β-unsaturated/α-hetero) is 1. The minimum absolute atomic E-state index is 0.0300. The number of esters is 1. The van der Waals surface area contributed by atoms with Gasteiger partial charge in [-0.25, -0.2) is 0 Å². The molecule has 0 radical (unpaired) electrons. The molecule has 26 heavy (non-hydrogen) atoms. The second-order valence-corrected chi connectivity index (χ2v) is 5.77. The van der Waals surface area contributed by atoms with Gasteiger partial charge < -0.3 is 9.84 Å². The van der Waals surface area contributed by atoms with Crippen LogP contribution >= 0.6 is 0 Å². The van der Waals surface area contributed by atoms with E-state index in [1.807, 2.05) is 6.92 Å². The smallest absolute Gasteiger partial charge is 0.311 e. The lowest BCUT2D eigenvalue weighted by molar-refractivity contribution is -0.384. The Kier molecular flexibility index (Phi) is 6.43. The first-order valence-corrected chi connectivity index (χ1v) is 8.21. The molecular weight excluding hydrogens is 338 g/mol. The Morgan fingerprint density at radius 1 is 1.15 bits per heavy atom. The molecule has 0 aliphatic rings. The molecule has 7 heteroatoms. The van der Waals surface area contributed by atoms with Crippen molar-refractivity contribution in [1.82, 2.24) is 0 Å². The highest BCUT2D eigenvalue weighted by Crippen LogP contribution is 2.26. The number of nitro groups is 1. The number of hydrogen-bond donors (Lipinski definition) is 1. The second-order valence-electron chi connectivity index (χ2n) is 5.77. The molecule has 0 aromatic heterocycles. The van der Waals surface area contributed by atoms with E-state index in [4.69, 9.17) is 4.74 Å². The summed E-state index contributed by atoms with van der Waals surface area (Å²) in [5, 5.41) is 20.3. The van der Waals surface area contributed by atoms with Crippen molar-refractivity contribution < 1.29 is 24.4 Å². The van der Waals surface area contributed by atoms with Crippen LogP contribution in [0.4, 0.5) is 5.69 Å². The van der Waals surface area contributed by atoms with Gasteiger partial charge in [-0.3, -0.25) is 19.7 Å². The monoisotopic (exact) mass is 357 g/mol. The maximum Gasteiger partial charge on any atom is 0.311 e. The lowest BCUT2D eigenvalue weighted by Gasteiger charge is -2.10. The van der Waals surface area contributed by atoms with E-state index in [2.05, 4.69) is 0 Å². The lowest BCUT2D eigenvalue weighted by Crippen LogP contribution is -2.11. The number of phenolic OH excluding ortho intramolecular Hbond substituents is 1. The van der Waals surface area contributed by atoms with Crippen LogP contribution in [0.2, 0.25) is 0 Å². The summed E-state index contributed by atoms with van der Waals surface area (Å²) in [4.78, 5) is 34.7. The zero-order valence-electron chi connectivity index (χ0n) is 14.3. The minimum atomic E-state index is -0.572. The highest BCUT2D eigenvalue weighted by Gasteiger charge is 2.18. The number of rotatable bonds is 8. The second kappa shape index (κ2) is 8.75. The summed E-state index contributed by atoms with van der Waals surface area (Å²) in [6.07, 6.45) is 1.58. The number of benzene rings is 2. The number of unbranched alkanes of at least 4 members (excludes halogenated alkanes) is 1. The van der Waals surface area contributed by atoms with Gasteiger partial charge in [-0.05, 0) is 36.8 Å². The van der Waals surface area contributed by atoms with Crippen molar-refractivity contribution in [2.75, 3.05) is 0 Å². The first-order chi connectivity index (χ1) is 12.4. The largest absolute Gasteiger partial charge is 0.508 e. The van der Waals surface area contributed by atoms with Gasteiger partial charge >= 0.3 is 5.97 Å². The van der Waals surface area contributed by atoms with Crippen molar-refractivity contribution in [3.8, 4) is 11.5 Å². The highest BCUT2D eigenvalue weighted by atomic mass is 16.6. The Morgan fingerprint density at radius 2 is 1.85 bits per heavy atom. The van der Waals surface area contributed by atoms with Gasteiger partial charge in [0.25, 0.3) is 5.69 Å². The van der Waals surface area contributed by atoms with Crippen LogP contribution in [0.1, 0.15) is 42.1 Å². The zero-order valence-corrected chi connectivity index (χ0v) is 14.3. The number of nitrogens with zero attached hydrogens (tertiary/aromatic N) is 1. The average molecular weight is 357 g/mol. The van der Waals surface area contributed by atoms with E-state index in [0.29, 0.717) is 12.0 Å². The molecule has 1 N–H and O–H groups in total. The summed E-state index contributed by atoms with van der Waals surface area (Å²) in [5.41, 5.74) is 0.423. The van der Waals surface area contributed by atoms with Crippen LogP contribution in [0.3, 0.4) is 0 Å². The Bertz CT molecular complexity index is 813.